The predicted octanol–water partition coefficient (Wildman–Crippen LogP) is 2.52. The average molecular weight is 389 g/mol. The van der Waals surface area contributed by atoms with Crippen LogP contribution in [-0.2, 0) is 14.8 Å². The zero-order chi connectivity index (χ0) is 18.6. The summed E-state index contributed by atoms with van der Waals surface area (Å²) >= 11 is 6.05. The number of nitrogens with one attached hydrogen (secondary N) is 1. The lowest BCUT2D eigenvalue weighted by molar-refractivity contribution is -0.126. The number of carbonyl (C=O) groups is 1. The summed E-state index contributed by atoms with van der Waals surface area (Å²) in [6, 6.07) is 4.40. The molecule has 1 heterocycles. The number of sulfonamides is 1. The highest BCUT2D eigenvalue weighted by Gasteiger charge is 2.33. The standard InChI is InChI=1S/C17H25ClN2O4S/c1-12(2)10-19-17(21)13-5-4-8-20(11-13)25(22,23)14-6-7-16(24-3)15(18)9-14/h6-7,9,12-13H,4-5,8,10-11H2,1-3H3,(H,19,21). The van der Waals surface area contributed by atoms with Crippen LogP contribution in [0.25, 0.3) is 0 Å². The molecule has 0 radical (unpaired) electrons. The van der Waals surface area contributed by atoms with Crippen LogP contribution in [0.1, 0.15) is 26.7 Å². The van der Waals surface area contributed by atoms with Gasteiger partial charge in [0.2, 0.25) is 15.9 Å². The molecule has 0 aromatic heterocycles. The van der Waals surface area contributed by atoms with E-state index >= 15 is 0 Å². The highest BCUT2D eigenvalue weighted by Crippen LogP contribution is 2.30. The topological polar surface area (TPSA) is 75.7 Å². The maximum atomic E-state index is 12.9. The van der Waals surface area contributed by atoms with Gasteiger partial charge in [0.05, 0.1) is 22.9 Å². The van der Waals surface area contributed by atoms with Gasteiger partial charge < -0.3 is 10.1 Å². The molecule has 8 heteroatoms. The SMILES string of the molecule is COc1ccc(S(=O)(=O)N2CCCC(C(=O)NCC(C)C)C2)cc1Cl. The number of hydrogen-bond acceptors (Lipinski definition) is 4. The van der Waals surface area contributed by atoms with E-state index in [-0.39, 0.29) is 28.3 Å². The van der Waals surface area contributed by atoms with E-state index in [0.29, 0.717) is 37.6 Å². The third-order valence-corrected chi connectivity index (χ3v) is 6.36. The van der Waals surface area contributed by atoms with E-state index in [1.54, 1.807) is 0 Å². The molecule has 0 saturated carbocycles. The van der Waals surface area contributed by atoms with E-state index in [0.717, 1.165) is 0 Å². The molecule has 2 rings (SSSR count). The molecular formula is C17H25ClN2O4S. The van der Waals surface area contributed by atoms with Gasteiger partial charge in [0.15, 0.2) is 0 Å². The Kier molecular flexibility index (Phi) is 6.71. The van der Waals surface area contributed by atoms with Crippen molar-refractivity contribution in [3.63, 3.8) is 0 Å². The third kappa shape index (κ3) is 4.86. The van der Waals surface area contributed by atoms with Crippen molar-refractivity contribution in [3.05, 3.63) is 23.2 Å². The largest absolute Gasteiger partial charge is 0.495 e. The zero-order valence-electron chi connectivity index (χ0n) is 14.8. The molecule has 25 heavy (non-hydrogen) atoms. The first-order valence-corrected chi connectivity index (χ1v) is 10.2. The predicted molar refractivity (Wildman–Crippen MR) is 97.3 cm³/mol. The monoisotopic (exact) mass is 388 g/mol. The fourth-order valence-corrected chi connectivity index (χ4v) is 4.65. The van der Waals surface area contributed by atoms with Gasteiger partial charge in [-0.2, -0.15) is 4.31 Å². The van der Waals surface area contributed by atoms with Crippen LogP contribution in [0.3, 0.4) is 0 Å². The fourth-order valence-electron chi connectivity index (χ4n) is 2.78. The highest BCUT2D eigenvalue weighted by molar-refractivity contribution is 7.89. The van der Waals surface area contributed by atoms with Crippen molar-refractivity contribution in [2.45, 2.75) is 31.6 Å². The Balaban J connectivity index is 2.13. The summed E-state index contributed by atoms with van der Waals surface area (Å²) in [5.74, 6) is 0.372. The molecule has 1 atom stereocenters. The number of ether oxygens (including phenoxy) is 1. The van der Waals surface area contributed by atoms with E-state index < -0.39 is 10.0 Å². The Hall–Kier alpha value is -1.31. The second-order valence-electron chi connectivity index (χ2n) is 6.64. The minimum Gasteiger partial charge on any atom is -0.495 e. The normalized spacial score (nSPS) is 19.0. The number of halogens is 1. The van der Waals surface area contributed by atoms with Gasteiger partial charge in [-0.05, 0) is 37.0 Å². The van der Waals surface area contributed by atoms with E-state index in [1.807, 2.05) is 13.8 Å². The first-order chi connectivity index (χ1) is 11.8. The number of hydrogen-bond donors (Lipinski definition) is 1. The molecule has 0 spiro atoms. The van der Waals surface area contributed by atoms with Gasteiger partial charge >= 0.3 is 0 Å². The molecule has 1 aliphatic heterocycles. The van der Waals surface area contributed by atoms with Gasteiger partial charge in [-0.3, -0.25) is 4.79 Å². The Labute approximate surface area is 154 Å². The molecule has 6 nitrogen and oxygen atoms in total. The quantitative estimate of drug-likeness (QED) is 0.812. The lowest BCUT2D eigenvalue weighted by atomic mass is 9.98. The molecule has 1 aromatic carbocycles. The number of piperidine rings is 1. The van der Waals surface area contributed by atoms with Crippen molar-refractivity contribution >= 4 is 27.5 Å². The van der Waals surface area contributed by atoms with Crippen molar-refractivity contribution in [2.75, 3.05) is 26.7 Å². The van der Waals surface area contributed by atoms with Gasteiger partial charge in [0.25, 0.3) is 0 Å². The molecule has 0 bridgehead atoms. The van der Waals surface area contributed by atoms with Gasteiger partial charge in [-0.15, -0.1) is 0 Å². The van der Waals surface area contributed by atoms with Crippen molar-refractivity contribution in [1.29, 1.82) is 0 Å². The Bertz CT molecular complexity index is 721. The second kappa shape index (κ2) is 8.38. The van der Waals surface area contributed by atoms with Crippen molar-refractivity contribution < 1.29 is 17.9 Å². The summed E-state index contributed by atoms with van der Waals surface area (Å²) in [6.07, 6.45) is 1.35. The molecule has 1 fully saturated rings. The number of amides is 1. The lowest BCUT2D eigenvalue weighted by Gasteiger charge is -2.31. The Morgan fingerprint density at radius 3 is 2.76 bits per heavy atom. The Morgan fingerprint density at radius 2 is 2.16 bits per heavy atom. The summed E-state index contributed by atoms with van der Waals surface area (Å²) in [6.45, 7) is 5.22. The van der Waals surface area contributed by atoms with E-state index in [9.17, 15) is 13.2 Å². The third-order valence-electron chi connectivity index (χ3n) is 4.20. The van der Waals surface area contributed by atoms with Gasteiger partial charge in [0.1, 0.15) is 5.75 Å². The van der Waals surface area contributed by atoms with Crippen LogP contribution in [0.2, 0.25) is 5.02 Å². The van der Waals surface area contributed by atoms with Crippen molar-refractivity contribution in [2.24, 2.45) is 11.8 Å². The Morgan fingerprint density at radius 1 is 1.44 bits per heavy atom. The fraction of sp³-hybridized carbons (Fsp3) is 0.588. The summed E-state index contributed by atoms with van der Waals surface area (Å²) in [5.41, 5.74) is 0. The number of rotatable bonds is 6. The molecule has 140 valence electrons. The van der Waals surface area contributed by atoms with Crippen molar-refractivity contribution in [1.82, 2.24) is 9.62 Å². The van der Waals surface area contributed by atoms with Crippen molar-refractivity contribution in [3.8, 4) is 5.75 Å². The van der Waals surface area contributed by atoms with Crippen LogP contribution in [-0.4, -0.2) is 45.4 Å². The molecular weight excluding hydrogens is 364 g/mol. The molecule has 1 unspecified atom stereocenters. The van der Waals surface area contributed by atoms with Crippen LogP contribution in [0.5, 0.6) is 5.75 Å². The summed E-state index contributed by atoms with van der Waals surface area (Å²) in [5, 5.41) is 3.13. The highest BCUT2D eigenvalue weighted by atomic mass is 35.5. The number of nitrogens with zero attached hydrogens (tertiary/aromatic N) is 1. The smallest absolute Gasteiger partial charge is 0.243 e. The van der Waals surface area contributed by atoms with Crippen LogP contribution in [0.15, 0.2) is 23.1 Å². The molecule has 0 aliphatic carbocycles. The first-order valence-electron chi connectivity index (χ1n) is 8.37. The van der Waals surface area contributed by atoms with Gasteiger partial charge in [-0.1, -0.05) is 25.4 Å². The summed E-state index contributed by atoms with van der Waals surface area (Å²) in [7, 11) is -2.22. The van der Waals surface area contributed by atoms with E-state index in [2.05, 4.69) is 5.32 Å². The van der Waals surface area contributed by atoms with Crippen LogP contribution in [0, 0.1) is 11.8 Å². The maximum absolute atomic E-state index is 12.9. The summed E-state index contributed by atoms with van der Waals surface area (Å²) < 4.78 is 32.2. The molecule has 1 aromatic rings. The molecule has 1 amide bonds. The minimum absolute atomic E-state index is 0.0821. The van der Waals surface area contributed by atoms with Gasteiger partial charge in [0, 0.05) is 19.6 Å². The number of methoxy groups -OCH3 is 1. The van der Waals surface area contributed by atoms with E-state index in [1.165, 1.54) is 29.6 Å². The van der Waals surface area contributed by atoms with Gasteiger partial charge in [-0.25, -0.2) is 8.42 Å². The number of carbonyl (C=O) groups excluding carboxylic acids is 1. The molecule has 1 saturated heterocycles. The van der Waals surface area contributed by atoms with Crippen LogP contribution < -0.4 is 10.1 Å². The lowest BCUT2D eigenvalue weighted by Crippen LogP contribution is -2.45. The summed E-state index contributed by atoms with van der Waals surface area (Å²) in [4.78, 5) is 12.4. The molecule has 1 N–H and O–H groups in total. The van der Waals surface area contributed by atoms with Crippen LogP contribution in [0.4, 0.5) is 0 Å². The first kappa shape index (κ1) is 20.0. The maximum Gasteiger partial charge on any atom is 0.243 e. The average Bonchev–Trinajstić information content (AvgIpc) is 2.59. The van der Waals surface area contributed by atoms with E-state index in [4.69, 9.17) is 16.3 Å². The number of benzene rings is 1. The zero-order valence-corrected chi connectivity index (χ0v) is 16.4. The minimum atomic E-state index is -3.69. The second-order valence-corrected chi connectivity index (χ2v) is 8.98. The van der Waals surface area contributed by atoms with Crippen LogP contribution >= 0.6 is 11.6 Å². The molecule has 1 aliphatic rings.